The lowest BCUT2D eigenvalue weighted by atomic mass is 10.0. The van der Waals surface area contributed by atoms with E-state index in [0.29, 0.717) is 5.75 Å². The summed E-state index contributed by atoms with van der Waals surface area (Å²) >= 11 is 0. The van der Waals surface area contributed by atoms with Crippen molar-refractivity contribution in [2.45, 2.75) is 12.8 Å². The van der Waals surface area contributed by atoms with Crippen molar-refractivity contribution in [3.05, 3.63) is 29.3 Å². The summed E-state index contributed by atoms with van der Waals surface area (Å²) in [6.45, 7) is 2.14. The Kier molecular flexibility index (Phi) is 2.52. The quantitative estimate of drug-likeness (QED) is 0.635. The van der Waals surface area contributed by atoms with E-state index in [0.717, 1.165) is 25.9 Å². The van der Waals surface area contributed by atoms with Crippen LogP contribution in [0.1, 0.15) is 11.1 Å². The van der Waals surface area contributed by atoms with Crippen LogP contribution in [-0.2, 0) is 12.8 Å². The van der Waals surface area contributed by atoms with Gasteiger partial charge in [0.15, 0.2) is 0 Å². The van der Waals surface area contributed by atoms with Gasteiger partial charge in [0.1, 0.15) is 5.75 Å². The molecule has 1 aromatic carbocycles. The number of phenolic OH excluding ortho intramolecular Hbond substituents is 1. The number of nitrogens with zero attached hydrogens (tertiary/aromatic N) is 1. The Bertz CT molecular complexity index is 314. The molecule has 0 aromatic heterocycles. The zero-order valence-corrected chi connectivity index (χ0v) is 8.69. The van der Waals surface area contributed by atoms with Gasteiger partial charge in [-0.2, -0.15) is 0 Å². The van der Waals surface area contributed by atoms with Crippen molar-refractivity contribution < 1.29 is 5.11 Å². The van der Waals surface area contributed by atoms with Crippen molar-refractivity contribution >= 4 is 9.39 Å². The van der Waals surface area contributed by atoms with Crippen LogP contribution in [0, 0.1) is 0 Å². The van der Waals surface area contributed by atoms with E-state index < -0.39 is 0 Å². The van der Waals surface area contributed by atoms with Gasteiger partial charge in [0.2, 0.25) is 0 Å². The molecular weight excluding hydrogens is 181 g/mol. The zero-order valence-electron chi connectivity index (χ0n) is 7.53. The summed E-state index contributed by atoms with van der Waals surface area (Å²) in [6, 6.07) is 5.70. The fourth-order valence-corrected chi connectivity index (χ4v) is 1.99. The van der Waals surface area contributed by atoms with Gasteiger partial charge < -0.3 is 5.11 Å². The number of hydrogen-bond donors (Lipinski definition) is 1. The van der Waals surface area contributed by atoms with Crippen LogP contribution >= 0.6 is 9.39 Å². The molecule has 0 saturated carbocycles. The first-order chi connectivity index (χ1) is 6.25. The Morgan fingerprint density at radius 2 is 1.85 bits per heavy atom. The molecule has 70 valence electrons. The second kappa shape index (κ2) is 3.65. The molecule has 2 rings (SSSR count). The van der Waals surface area contributed by atoms with Crippen LogP contribution in [0.2, 0.25) is 0 Å². The van der Waals surface area contributed by atoms with Crippen molar-refractivity contribution in [2.24, 2.45) is 0 Å². The number of rotatable bonds is 0. The number of benzene rings is 1. The van der Waals surface area contributed by atoms with E-state index in [9.17, 15) is 5.11 Å². The van der Waals surface area contributed by atoms with Crippen molar-refractivity contribution in [1.29, 1.82) is 0 Å². The van der Waals surface area contributed by atoms with Crippen LogP contribution in [0.5, 0.6) is 5.75 Å². The third kappa shape index (κ3) is 2.01. The normalized spacial score (nSPS) is 17.9. The van der Waals surface area contributed by atoms with Gasteiger partial charge in [-0.15, -0.1) is 0 Å². The molecule has 0 amide bonds. The highest BCUT2D eigenvalue weighted by atomic mass is 31.0. The van der Waals surface area contributed by atoms with E-state index in [-0.39, 0.29) is 0 Å². The maximum atomic E-state index is 9.33. The van der Waals surface area contributed by atoms with Crippen LogP contribution in [0.15, 0.2) is 18.2 Å². The molecule has 2 nitrogen and oxygen atoms in total. The first-order valence-electron chi connectivity index (χ1n) is 4.56. The molecule has 1 aliphatic rings. The largest absolute Gasteiger partial charge is 0.508 e. The van der Waals surface area contributed by atoms with E-state index in [1.54, 1.807) is 6.07 Å². The number of phenols is 1. The van der Waals surface area contributed by atoms with Gasteiger partial charge in [0, 0.05) is 13.1 Å². The SMILES string of the molecule is Oc1ccc2c(c1)CCN(P)CC2. The number of hydrogen-bond acceptors (Lipinski definition) is 2. The highest BCUT2D eigenvalue weighted by Gasteiger charge is 2.10. The molecule has 13 heavy (non-hydrogen) atoms. The topological polar surface area (TPSA) is 23.5 Å². The van der Waals surface area contributed by atoms with Crippen LogP contribution in [0.25, 0.3) is 0 Å². The summed E-state index contributed by atoms with van der Waals surface area (Å²) in [5.41, 5.74) is 2.67. The summed E-state index contributed by atoms with van der Waals surface area (Å²) < 4.78 is 2.25. The summed E-state index contributed by atoms with van der Waals surface area (Å²) in [6.07, 6.45) is 2.12. The minimum absolute atomic E-state index is 0.385. The molecule has 3 heteroatoms. The molecule has 1 aliphatic heterocycles. The number of aromatic hydroxyl groups is 1. The van der Waals surface area contributed by atoms with E-state index >= 15 is 0 Å². The van der Waals surface area contributed by atoms with Crippen LogP contribution in [0.4, 0.5) is 0 Å². The van der Waals surface area contributed by atoms with Gasteiger partial charge in [-0.3, -0.25) is 4.67 Å². The molecule has 0 radical (unpaired) electrons. The van der Waals surface area contributed by atoms with Gasteiger partial charge in [-0.25, -0.2) is 0 Å². The van der Waals surface area contributed by atoms with Crippen molar-refractivity contribution in [1.82, 2.24) is 4.67 Å². The standard InChI is InChI=1S/C10H14NOP/c12-10-2-1-8-3-5-11(13)6-4-9(8)7-10/h1-2,7,12H,3-6,13H2. The van der Waals surface area contributed by atoms with E-state index in [1.165, 1.54) is 11.1 Å². The lowest BCUT2D eigenvalue weighted by Gasteiger charge is -2.10. The van der Waals surface area contributed by atoms with Crippen molar-refractivity contribution in [3.8, 4) is 5.75 Å². The highest BCUT2D eigenvalue weighted by molar-refractivity contribution is 7.13. The first-order valence-corrected chi connectivity index (χ1v) is 5.08. The van der Waals surface area contributed by atoms with Gasteiger partial charge in [-0.1, -0.05) is 15.5 Å². The third-order valence-corrected chi connectivity index (χ3v) is 3.04. The smallest absolute Gasteiger partial charge is 0.115 e. The van der Waals surface area contributed by atoms with E-state index in [4.69, 9.17) is 0 Å². The monoisotopic (exact) mass is 195 g/mol. The minimum atomic E-state index is 0.385. The molecular formula is C10H14NOP. The average Bonchev–Trinajstić information content (AvgIpc) is 2.29. The maximum Gasteiger partial charge on any atom is 0.115 e. The fourth-order valence-electron chi connectivity index (χ4n) is 1.73. The van der Waals surface area contributed by atoms with E-state index in [2.05, 4.69) is 14.1 Å². The Morgan fingerprint density at radius 3 is 2.62 bits per heavy atom. The Balaban J connectivity index is 2.30. The average molecular weight is 195 g/mol. The first kappa shape index (κ1) is 8.98. The lowest BCUT2D eigenvalue weighted by Crippen LogP contribution is -2.13. The third-order valence-electron chi connectivity index (χ3n) is 2.53. The zero-order chi connectivity index (χ0) is 9.26. The summed E-state index contributed by atoms with van der Waals surface area (Å²) in [5.74, 6) is 0.385. The summed E-state index contributed by atoms with van der Waals surface area (Å²) in [5, 5.41) is 9.33. The van der Waals surface area contributed by atoms with Gasteiger partial charge >= 0.3 is 0 Å². The number of fused-ring (bicyclic) bond motifs is 1. The molecule has 0 fully saturated rings. The minimum Gasteiger partial charge on any atom is -0.508 e. The molecule has 0 bridgehead atoms. The Morgan fingerprint density at radius 1 is 1.15 bits per heavy atom. The molecule has 0 aliphatic carbocycles. The maximum absolute atomic E-state index is 9.33. The second-order valence-corrected chi connectivity index (χ2v) is 4.22. The van der Waals surface area contributed by atoms with Crippen molar-refractivity contribution in [2.75, 3.05) is 13.1 Å². The predicted molar refractivity (Wildman–Crippen MR) is 56.8 cm³/mol. The van der Waals surface area contributed by atoms with Crippen LogP contribution in [0.3, 0.4) is 0 Å². The van der Waals surface area contributed by atoms with Crippen molar-refractivity contribution in [3.63, 3.8) is 0 Å². The molecule has 1 aromatic rings. The second-order valence-electron chi connectivity index (χ2n) is 3.49. The summed E-state index contributed by atoms with van der Waals surface area (Å²) in [7, 11) is 2.74. The molecule has 1 unspecified atom stereocenters. The molecule has 1 N–H and O–H groups in total. The lowest BCUT2D eigenvalue weighted by molar-refractivity contribution is 0.474. The van der Waals surface area contributed by atoms with Gasteiger partial charge in [0.05, 0.1) is 0 Å². The Hall–Kier alpha value is -0.590. The van der Waals surface area contributed by atoms with Crippen LogP contribution in [-0.4, -0.2) is 22.9 Å². The van der Waals surface area contributed by atoms with Crippen LogP contribution < -0.4 is 0 Å². The highest BCUT2D eigenvalue weighted by Crippen LogP contribution is 2.21. The van der Waals surface area contributed by atoms with Gasteiger partial charge in [-0.05, 0) is 36.1 Å². The fraction of sp³-hybridized carbons (Fsp3) is 0.400. The molecule has 0 spiro atoms. The summed E-state index contributed by atoms with van der Waals surface area (Å²) in [4.78, 5) is 0. The predicted octanol–water partition coefficient (Wildman–Crippen LogP) is 1.58. The molecule has 1 atom stereocenters. The van der Waals surface area contributed by atoms with Gasteiger partial charge in [0.25, 0.3) is 0 Å². The van der Waals surface area contributed by atoms with E-state index in [1.807, 2.05) is 12.1 Å². The Labute approximate surface area is 80.8 Å². The molecule has 1 heterocycles. The molecule has 0 saturated heterocycles.